The lowest BCUT2D eigenvalue weighted by atomic mass is 10.0. The number of nitrogens with one attached hydrogen (secondary N) is 2. The van der Waals surface area contributed by atoms with Gasteiger partial charge in [-0.1, -0.05) is 38.1 Å². The highest BCUT2D eigenvalue weighted by Gasteiger charge is 2.25. The van der Waals surface area contributed by atoms with E-state index < -0.39 is 0 Å². The number of amides is 2. The summed E-state index contributed by atoms with van der Waals surface area (Å²) < 4.78 is 19.0. The number of carbonyl (C=O) groups is 2. The first-order chi connectivity index (χ1) is 14.4. The topological polar surface area (TPSA) is 63.1 Å². The number of anilines is 1. The molecule has 2 aromatic carbocycles. The molecule has 30 heavy (non-hydrogen) atoms. The van der Waals surface area contributed by atoms with E-state index in [1.807, 2.05) is 24.3 Å². The minimum absolute atomic E-state index is 0.0130. The fourth-order valence-corrected chi connectivity index (χ4v) is 3.57. The lowest BCUT2D eigenvalue weighted by Crippen LogP contribution is -3.15. The number of rotatable bonds is 7. The molecular formula is C23H29FN3O3+. The van der Waals surface area contributed by atoms with Crippen molar-refractivity contribution in [2.24, 2.45) is 0 Å². The molecule has 2 amide bonds. The van der Waals surface area contributed by atoms with Crippen LogP contribution >= 0.6 is 0 Å². The van der Waals surface area contributed by atoms with E-state index in [4.69, 9.17) is 4.74 Å². The Bertz CT molecular complexity index is 880. The van der Waals surface area contributed by atoms with Gasteiger partial charge in [-0.2, -0.15) is 0 Å². The van der Waals surface area contributed by atoms with E-state index in [-0.39, 0.29) is 30.8 Å². The van der Waals surface area contributed by atoms with Crippen LogP contribution in [0.1, 0.15) is 25.3 Å². The molecule has 0 aliphatic carbocycles. The summed E-state index contributed by atoms with van der Waals surface area (Å²) in [5.74, 6) is 0.479. The van der Waals surface area contributed by atoms with Gasteiger partial charge in [-0.3, -0.25) is 9.59 Å². The van der Waals surface area contributed by atoms with E-state index in [2.05, 4.69) is 19.2 Å². The number of benzene rings is 2. The molecule has 0 atom stereocenters. The molecule has 0 spiro atoms. The maximum Gasteiger partial charge on any atom is 0.279 e. The van der Waals surface area contributed by atoms with E-state index in [0.29, 0.717) is 37.8 Å². The summed E-state index contributed by atoms with van der Waals surface area (Å²) in [7, 11) is 0. The Morgan fingerprint density at radius 1 is 1.13 bits per heavy atom. The van der Waals surface area contributed by atoms with Gasteiger partial charge >= 0.3 is 0 Å². The standard InChI is InChI=1S/C23H28FN3O3/c1-17(2)20-8-3-4-9-21(20)30-16-23(29)27-12-10-26(11-13-27)15-22(28)25-19-7-5-6-18(24)14-19/h3-9,14,17H,10-13,15-16H2,1-2H3,(H,25,28)/p+1. The fraction of sp³-hybridized carbons (Fsp3) is 0.391. The molecule has 160 valence electrons. The van der Waals surface area contributed by atoms with Gasteiger partial charge in [-0.05, 0) is 35.7 Å². The molecule has 0 aromatic heterocycles. The van der Waals surface area contributed by atoms with Crippen LogP contribution < -0.4 is 15.0 Å². The largest absolute Gasteiger partial charge is 0.483 e. The van der Waals surface area contributed by atoms with Crippen molar-refractivity contribution in [3.05, 3.63) is 59.9 Å². The van der Waals surface area contributed by atoms with Crippen LogP contribution in [0, 0.1) is 5.82 Å². The van der Waals surface area contributed by atoms with Gasteiger partial charge in [0, 0.05) is 5.69 Å². The van der Waals surface area contributed by atoms with Gasteiger partial charge in [-0.25, -0.2) is 4.39 Å². The summed E-state index contributed by atoms with van der Waals surface area (Å²) >= 11 is 0. The van der Waals surface area contributed by atoms with Gasteiger partial charge in [0.15, 0.2) is 13.2 Å². The van der Waals surface area contributed by atoms with Crippen LogP contribution in [-0.4, -0.2) is 56.0 Å². The number of hydrogen-bond acceptors (Lipinski definition) is 3. The van der Waals surface area contributed by atoms with Crippen molar-refractivity contribution in [2.75, 3.05) is 44.6 Å². The highest BCUT2D eigenvalue weighted by atomic mass is 19.1. The molecule has 1 heterocycles. The van der Waals surface area contributed by atoms with Gasteiger partial charge in [0.2, 0.25) is 0 Å². The predicted molar refractivity (Wildman–Crippen MR) is 113 cm³/mol. The van der Waals surface area contributed by atoms with Gasteiger partial charge in [0.25, 0.3) is 11.8 Å². The van der Waals surface area contributed by atoms with Crippen molar-refractivity contribution in [1.29, 1.82) is 0 Å². The van der Waals surface area contributed by atoms with Gasteiger partial charge in [-0.15, -0.1) is 0 Å². The van der Waals surface area contributed by atoms with Crippen molar-refractivity contribution in [1.82, 2.24) is 4.90 Å². The third-order valence-electron chi connectivity index (χ3n) is 5.23. The van der Waals surface area contributed by atoms with Crippen LogP contribution in [0.2, 0.25) is 0 Å². The van der Waals surface area contributed by atoms with Crippen LogP contribution in [0.15, 0.2) is 48.5 Å². The summed E-state index contributed by atoms with van der Waals surface area (Å²) in [4.78, 5) is 27.6. The number of piperazine rings is 1. The normalized spacial score (nSPS) is 14.6. The molecule has 0 bridgehead atoms. The molecule has 1 aliphatic rings. The molecular weight excluding hydrogens is 385 g/mol. The van der Waals surface area contributed by atoms with E-state index in [9.17, 15) is 14.0 Å². The molecule has 1 aliphatic heterocycles. The SMILES string of the molecule is CC(C)c1ccccc1OCC(=O)N1CC[NH+](CC(=O)Nc2cccc(F)c2)CC1. The lowest BCUT2D eigenvalue weighted by molar-refractivity contribution is -0.895. The van der Waals surface area contributed by atoms with Crippen LogP contribution in [-0.2, 0) is 9.59 Å². The van der Waals surface area contributed by atoms with Crippen molar-refractivity contribution in [2.45, 2.75) is 19.8 Å². The Hall–Kier alpha value is -2.93. The Morgan fingerprint density at radius 3 is 2.57 bits per heavy atom. The Labute approximate surface area is 176 Å². The molecule has 0 unspecified atom stereocenters. The summed E-state index contributed by atoms with van der Waals surface area (Å²) in [5, 5.41) is 2.72. The van der Waals surface area contributed by atoms with Crippen molar-refractivity contribution in [3.8, 4) is 5.75 Å². The Morgan fingerprint density at radius 2 is 1.87 bits per heavy atom. The summed E-state index contributed by atoms with van der Waals surface area (Å²) in [6, 6.07) is 13.6. The highest BCUT2D eigenvalue weighted by molar-refractivity contribution is 5.91. The zero-order valence-corrected chi connectivity index (χ0v) is 17.5. The predicted octanol–water partition coefficient (Wildman–Crippen LogP) is 1.69. The second-order valence-electron chi connectivity index (χ2n) is 7.85. The van der Waals surface area contributed by atoms with Crippen LogP contribution in [0.4, 0.5) is 10.1 Å². The maximum absolute atomic E-state index is 13.2. The Kier molecular flexibility index (Phi) is 7.41. The number of quaternary nitrogens is 1. The molecule has 7 heteroatoms. The number of hydrogen-bond donors (Lipinski definition) is 2. The fourth-order valence-electron chi connectivity index (χ4n) is 3.57. The molecule has 1 saturated heterocycles. The molecule has 2 aromatic rings. The van der Waals surface area contributed by atoms with Crippen molar-refractivity contribution >= 4 is 17.5 Å². The van der Waals surface area contributed by atoms with E-state index >= 15 is 0 Å². The highest BCUT2D eigenvalue weighted by Crippen LogP contribution is 2.25. The van der Waals surface area contributed by atoms with E-state index in [1.54, 1.807) is 17.0 Å². The van der Waals surface area contributed by atoms with Gasteiger partial charge in [0.05, 0.1) is 26.2 Å². The Balaban J connectivity index is 1.42. The zero-order chi connectivity index (χ0) is 21.5. The van der Waals surface area contributed by atoms with Gasteiger partial charge < -0.3 is 19.9 Å². The summed E-state index contributed by atoms with van der Waals surface area (Å²) in [6.07, 6.45) is 0. The summed E-state index contributed by atoms with van der Waals surface area (Å²) in [6.45, 7) is 7.02. The molecule has 0 radical (unpaired) electrons. The molecule has 6 nitrogen and oxygen atoms in total. The van der Waals surface area contributed by atoms with Crippen LogP contribution in [0.5, 0.6) is 5.75 Å². The zero-order valence-electron chi connectivity index (χ0n) is 17.5. The molecule has 1 fully saturated rings. The second kappa shape index (κ2) is 10.2. The average Bonchev–Trinajstić information content (AvgIpc) is 2.72. The van der Waals surface area contributed by atoms with Gasteiger partial charge in [0.1, 0.15) is 11.6 Å². The monoisotopic (exact) mass is 414 g/mol. The van der Waals surface area contributed by atoms with Crippen molar-refractivity contribution < 1.29 is 23.6 Å². The number of carbonyl (C=O) groups excluding carboxylic acids is 2. The number of halogens is 1. The second-order valence-corrected chi connectivity index (χ2v) is 7.85. The number of nitrogens with zero attached hydrogens (tertiary/aromatic N) is 1. The van der Waals surface area contributed by atoms with E-state index in [0.717, 1.165) is 16.2 Å². The third kappa shape index (κ3) is 6.03. The van der Waals surface area contributed by atoms with Crippen molar-refractivity contribution in [3.63, 3.8) is 0 Å². The maximum atomic E-state index is 13.2. The smallest absolute Gasteiger partial charge is 0.279 e. The summed E-state index contributed by atoms with van der Waals surface area (Å²) in [5.41, 5.74) is 1.54. The quantitative estimate of drug-likeness (QED) is 0.725. The number of ether oxygens (including phenoxy) is 1. The molecule has 3 rings (SSSR count). The first kappa shape index (κ1) is 21.8. The first-order valence-electron chi connectivity index (χ1n) is 10.3. The van der Waals surface area contributed by atoms with Crippen LogP contribution in [0.25, 0.3) is 0 Å². The third-order valence-corrected chi connectivity index (χ3v) is 5.23. The minimum Gasteiger partial charge on any atom is -0.483 e. The lowest BCUT2D eigenvalue weighted by Gasteiger charge is -2.31. The molecule has 2 N–H and O–H groups in total. The number of para-hydroxylation sites is 1. The average molecular weight is 415 g/mol. The van der Waals surface area contributed by atoms with Crippen LogP contribution in [0.3, 0.4) is 0 Å². The molecule has 0 saturated carbocycles. The minimum atomic E-state index is -0.384. The first-order valence-corrected chi connectivity index (χ1v) is 10.3. The van der Waals surface area contributed by atoms with E-state index in [1.165, 1.54) is 12.1 Å².